The minimum atomic E-state index is 0.946. The third-order valence-corrected chi connectivity index (χ3v) is 8.24. The van der Waals surface area contributed by atoms with Gasteiger partial charge in [-0.1, -0.05) is 72.8 Å². The molecule has 0 bridgehead atoms. The molecule has 0 amide bonds. The number of nitrogens with zero attached hydrogens (tertiary/aromatic N) is 4. The number of imidazole rings is 1. The molecule has 8 aromatic rings. The Hall–Kier alpha value is -5.61. The van der Waals surface area contributed by atoms with E-state index in [9.17, 15) is 0 Å². The number of hydrogen-bond donors (Lipinski definition) is 0. The molecule has 4 nitrogen and oxygen atoms in total. The number of benzene rings is 6. The third kappa shape index (κ3) is 3.13. The van der Waals surface area contributed by atoms with Crippen LogP contribution in [0.5, 0.6) is 0 Å². The molecule has 0 radical (unpaired) electrons. The van der Waals surface area contributed by atoms with Crippen molar-refractivity contribution in [1.29, 1.82) is 0 Å². The standard InChI is InChI=1S/C37H24N4/c1-2-11-26(12-3-1)40-33-18-8-9-19-34(33)41-36-30(15-10-20-35(36)40)38-37(41)25-21-23-27(24-22-25)39-31-16-6-4-13-28(31)29-14-5-7-17-32(29)39/h1-24H. The lowest BCUT2D eigenvalue weighted by Gasteiger charge is -2.32. The van der Waals surface area contributed by atoms with Crippen LogP contribution in [0.3, 0.4) is 0 Å². The van der Waals surface area contributed by atoms with Crippen LogP contribution < -0.4 is 4.90 Å². The quantitative estimate of drug-likeness (QED) is 0.230. The van der Waals surface area contributed by atoms with E-state index in [1.165, 1.54) is 21.8 Å². The van der Waals surface area contributed by atoms with Gasteiger partial charge in [-0.2, -0.15) is 0 Å². The van der Waals surface area contributed by atoms with E-state index in [2.05, 4.69) is 160 Å². The van der Waals surface area contributed by atoms with Crippen LogP contribution >= 0.6 is 0 Å². The number of para-hydroxylation sites is 6. The van der Waals surface area contributed by atoms with Crippen molar-refractivity contribution in [2.45, 2.75) is 0 Å². The Morgan fingerprint density at radius 2 is 1.02 bits per heavy atom. The summed E-state index contributed by atoms with van der Waals surface area (Å²) in [5.74, 6) is 0.946. The first-order valence-electron chi connectivity index (χ1n) is 13.9. The summed E-state index contributed by atoms with van der Waals surface area (Å²) in [6.07, 6.45) is 0. The van der Waals surface area contributed by atoms with Crippen LogP contribution in [0.2, 0.25) is 0 Å². The van der Waals surface area contributed by atoms with Gasteiger partial charge < -0.3 is 9.47 Å². The second-order valence-corrected chi connectivity index (χ2v) is 10.5. The molecular weight excluding hydrogens is 500 g/mol. The van der Waals surface area contributed by atoms with Gasteiger partial charge in [0.2, 0.25) is 0 Å². The summed E-state index contributed by atoms with van der Waals surface area (Å²) in [4.78, 5) is 7.55. The van der Waals surface area contributed by atoms with Crippen molar-refractivity contribution in [2.24, 2.45) is 0 Å². The van der Waals surface area contributed by atoms with Crippen LogP contribution in [0.1, 0.15) is 0 Å². The average Bonchev–Trinajstić information content (AvgIpc) is 3.59. The Balaban J connectivity index is 1.25. The van der Waals surface area contributed by atoms with Gasteiger partial charge in [0.25, 0.3) is 0 Å². The monoisotopic (exact) mass is 524 g/mol. The van der Waals surface area contributed by atoms with E-state index in [-0.39, 0.29) is 0 Å². The molecule has 4 heteroatoms. The number of anilines is 3. The predicted molar refractivity (Wildman–Crippen MR) is 169 cm³/mol. The molecule has 6 aromatic carbocycles. The van der Waals surface area contributed by atoms with Gasteiger partial charge in [0.05, 0.1) is 39.1 Å². The molecule has 1 aliphatic heterocycles. The van der Waals surface area contributed by atoms with Crippen molar-refractivity contribution < 1.29 is 0 Å². The van der Waals surface area contributed by atoms with Gasteiger partial charge in [0, 0.05) is 27.7 Å². The summed E-state index contributed by atoms with van der Waals surface area (Å²) in [6.45, 7) is 0. The van der Waals surface area contributed by atoms with Crippen molar-refractivity contribution in [3.05, 3.63) is 146 Å². The molecule has 0 unspecified atom stereocenters. The minimum absolute atomic E-state index is 0.946. The van der Waals surface area contributed by atoms with E-state index >= 15 is 0 Å². The van der Waals surface area contributed by atoms with Crippen LogP contribution in [0.25, 0.3) is 55.6 Å². The van der Waals surface area contributed by atoms with Gasteiger partial charge >= 0.3 is 0 Å². The fourth-order valence-electron chi connectivity index (χ4n) is 6.51. The Labute approximate surface area is 237 Å². The normalized spacial score (nSPS) is 12.3. The van der Waals surface area contributed by atoms with Gasteiger partial charge in [0.1, 0.15) is 5.82 Å². The van der Waals surface area contributed by atoms with Crippen LogP contribution in [0, 0.1) is 0 Å². The van der Waals surface area contributed by atoms with E-state index in [1.807, 2.05) is 0 Å². The number of rotatable bonds is 3. The lowest BCUT2D eigenvalue weighted by Crippen LogP contribution is -2.18. The van der Waals surface area contributed by atoms with Crippen LogP contribution in [0.15, 0.2) is 146 Å². The molecule has 9 rings (SSSR count). The highest BCUT2D eigenvalue weighted by molar-refractivity contribution is 6.09. The van der Waals surface area contributed by atoms with Crippen molar-refractivity contribution in [3.8, 4) is 22.8 Å². The van der Waals surface area contributed by atoms with E-state index in [0.29, 0.717) is 0 Å². The van der Waals surface area contributed by atoms with E-state index < -0.39 is 0 Å². The summed E-state index contributed by atoms with van der Waals surface area (Å²) in [5, 5.41) is 2.53. The fraction of sp³-hybridized carbons (Fsp3) is 0. The first-order chi connectivity index (χ1) is 20.4. The molecule has 3 heterocycles. The maximum absolute atomic E-state index is 5.20. The summed E-state index contributed by atoms with van der Waals surface area (Å²) in [6, 6.07) is 51.7. The molecule has 1 aliphatic rings. The molecule has 0 saturated heterocycles. The molecule has 0 saturated carbocycles. The van der Waals surface area contributed by atoms with Crippen LogP contribution in [0.4, 0.5) is 17.1 Å². The molecule has 0 aliphatic carbocycles. The second-order valence-electron chi connectivity index (χ2n) is 10.5. The highest BCUT2D eigenvalue weighted by atomic mass is 15.2. The number of hydrogen-bond acceptors (Lipinski definition) is 2. The molecular formula is C37H24N4. The van der Waals surface area contributed by atoms with Crippen molar-refractivity contribution in [1.82, 2.24) is 14.1 Å². The summed E-state index contributed by atoms with van der Waals surface area (Å²) in [5.41, 5.74) is 11.3. The Kier molecular flexibility index (Phi) is 4.58. The number of aromatic nitrogens is 3. The third-order valence-electron chi connectivity index (χ3n) is 8.24. The Morgan fingerprint density at radius 1 is 0.415 bits per heavy atom. The highest BCUT2D eigenvalue weighted by Crippen LogP contribution is 2.48. The van der Waals surface area contributed by atoms with Gasteiger partial charge in [-0.25, -0.2) is 4.98 Å². The molecule has 41 heavy (non-hydrogen) atoms. The summed E-state index contributed by atoms with van der Waals surface area (Å²) >= 11 is 0. The van der Waals surface area contributed by atoms with E-state index in [1.54, 1.807) is 0 Å². The SMILES string of the molecule is c1ccc(N2c3ccccc3-n3c(-c4ccc(-n5c6ccccc6c6ccccc65)cc4)nc4cccc2c43)cc1. The summed E-state index contributed by atoms with van der Waals surface area (Å²) in [7, 11) is 0. The zero-order valence-electron chi connectivity index (χ0n) is 22.1. The van der Waals surface area contributed by atoms with Gasteiger partial charge in [-0.15, -0.1) is 0 Å². The molecule has 0 atom stereocenters. The molecule has 0 N–H and O–H groups in total. The molecule has 2 aromatic heterocycles. The number of fused-ring (bicyclic) bond motifs is 5. The Morgan fingerprint density at radius 3 is 1.76 bits per heavy atom. The van der Waals surface area contributed by atoms with Crippen molar-refractivity contribution in [3.63, 3.8) is 0 Å². The maximum atomic E-state index is 5.20. The highest BCUT2D eigenvalue weighted by Gasteiger charge is 2.29. The topological polar surface area (TPSA) is 26.0 Å². The van der Waals surface area contributed by atoms with Crippen LogP contribution in [-0.2, 0) is 0 Å². The first kappa shape index (κ1) is 22.2. The molecule has 0 spiro atoms. The predicted octanol–water partition coefficient (Wildman–Crippen LogP) is 9.57. The van der Waals surface area contributed by atoms with Crippen molar-refractivity contribution >= 4 is 49.9 Å². The zero-order valence-corrected chi connectivity index (χ0v) is 22.1. The van der Waals surface area contributed by atoms with E-state index in [0.717, 1.165) is 50.9 Å². The van der Waals surface area contributed by atoms with Gasteiger partial charge in [0.15, 0.2) is 0 Å². The zero-order chi connectivity index (χ0) is 26.9. The average molecular weight is 525 g/mol. The van der Waals surface area contributed by atoms with Gasteiger partial charge in [-0.05, 0) is 72.8 Å². The lowest BCUT2D eigenvalue weighted by atomic mass is 10.1. The first-order valence-corrected chi connectivity index (χ1v) is 13.9. The Bertz CT molecular complexity index is 2200. The largest absolute Gasteiger partial charge is 0.309 e. The summed E-state index contributed by atoms with van der Waals surface area (Å²) < 4.78 is 4.68. The molecule has 0 fully saturated rings. The lowest BCUT2D eigenvalue weighted by molar-refractivity contribution is 1.06. The second kappa shape index (κ2) is 8.44. The maximum Gasteiger partial charge on any atom is 0.145 e. The van der Waals surface area contributed by atoms with Crippen molar-refractivity contribution in [2.75, 3.05) is 4.90 Å². The van der Waals surface area contributed by atoms with E-state index in [4.69, 9.17) is 4.98 Å². The smallest absolute Gasteiger partial charge is 0.145 e. The van der Waals surface area contributed by atoms with Gasteiger partial charge in [-0.3, -0.25) is 4.57 Å². The van der Waals surface area contributed by atoms with Crippen LogP contribution in [-0.4, -0.2) is 14.1 Å². The fourth-order valence-corrected chi connectivity index (χ4v) is 6.51. The molecule has 192 valence electrons. The minimum Gasteiger partial charge on any atom is -0.309 e.